The molecule has 0 spiro atoms. The van der Waals surface area contributed by atoms with Crippen LogP contribution in [0.25, 0.3) is 23.0 Å². The summed E-state index contributed by atoms with van der Waals surface area (Å²) in [6.45, 7) is 1.60. The minimum absolute atomic E-state index is 0.102. The van der Waals surface area contributed by atoms with Gasteiger partial charge in [0.1, 0.15) is 0 Å². The number of anilines is 2. The lowest BCUT2D eigenvalue weighted by Crippen LogP contribution is -2.10. The molecular weight excluding hydrogens is 491 g/mol. The molecule has 0 radical (unpaired) electrons. The number of benzene rings is 2. The van der Waals surface area contributed by atoms with Gasteiger partial charge in [0.25, 0.3) is 0 Å². The first-order chi connectivity index (χ1) is 17.7. The number of aliphatic carboxylic acids is 1. The molecule has 0 aliphatic carbocycles. The van der Waals surface area contributed by atoms with Gasteiger partial charge in [0.05, 0.1) is 0 Å². The summed E-state index contributed by atoms with van der Waals surface area (Å²) >= 11 is 0. The topological polar surface area (TPSA) is 111 Å². The number of nitrogens with one attached hydrogen (secondary N) is 1. The Balaban J connectivity index is 1.60. The smallest absolute Gasteiger partial charge is 0.435 e. The van der Waals surface area contributed by atoms with E-state index >= 15 is 0 Å². The number of halogens is 3. The third-order valence-electron chi connectivity index (χ3n) is 5.39. The van der Waals surface area contributed by atoms with Gasteiger partial charge in [-0.3, -0.25) is 0 Å². The highest BCUT2D eigenvalue weighted by Gasteiger charge is 2.35. The lowest BCUT2D eigenvalue weighted by atomic mass is 10.0. The number of hydrogen-bond donors (Lipinski definition) is 2. The molecule has 9 nitrogen and oxygen atoms in total. The van der Waals surface area contributed by atoms with Crippen LogP contribution in [0, 0.1) is 6.92 Å². The largest absolute Gasteiger partial charge is 0.478 e. The zero-order valence-electron chi connectivity index (χ0n) is 19.2. The van der Waals surface area contributed by atoms with Gasteiger partial charge >= 0.3 is 12.1 Å². The first-order valence-corrected chi connectivity index (χ1v) is 10.9. The molecule has 0 saturated heterocycles. The zero-order valence-corrected chi connectivity index (χ0v) is 19.2. The molecule has 2 aromatic heterocycles. The van der Waals surface area contributed by atoms with Crippen molar-refractivity contribution in [3.63, 3.8) is 0 Å². The maximum Gasteiger partial charge on any atom is 0.435 e. The summed E-state index contributed by atoms with van der Waals surface area (Å²) in [5.74, 6) is 0.228. The van der Waals surface area contributed by atoms with E-state index in [0.29, 0.717) is 33.9 Å². The third kappa shape index (κ3) is 5.08. The quantitative estimate of drug-likeness (QED) is 0.340. The van der Waals surface area contributed by atoms with Crippen molar-refractivity contribution >= 4 is 23.7 Å². The van der Waals surface area contributed by atoms with Crippen LogP contribution in [0.3, 0.4) is 0 Å². The van der Waals surface area contributed by atoms with E-state index in [2.05, 4.69) is 20.4 Å². The molecule has 188 valence electrons. The summed E-state index contributed by atoms with van der Waals surface area (Å²) in [5.41, 5.74) is 1.25. The van der Waals surface area contributed by atoms with Gasteiger partial charge in [-0.15, -0.1) is 0 Å². The molecule has 0 amide bonds. The Morgan fingerprint density at radius 1 is 1.14 bits per heavy atom. The Hall–Kier alpha value is -4.87. The molecule has 0 unspecified atom stereocenters. The third-order valence-corrected chi connectivity index (χ3v) is 5.39. The van der Waals surface area contributed by atoms with Crippen LogP contribution in [0.4, 0.5) is 24.8 Å². The van der Waals surface area contributed by atoms with E-state index in [1.165, 1.54) is 19.2 Å². The van der Waals surface area contributed by atoms with E-state index in [-0.39, 0.29) is 24.3 Å². The average Bonchev–Trinajstić information content (AvgIpc) is 3.49. The summed E-state index contributed by atoms with van der Waals surface area (Å²) in [6.07, 6.45) is -0.782. The highest BCUT2D eigenvalue weighted by atomic mass is 19.4. The molecule has 0 atom stereocenters. The van der Waals surface area contributed by atoms with Gasteiger partial charge < -0.3 is 19.9 Å². The first-order valence-electron chi connectivity index (χ1n) is 10.9. The van der Waals surface area contributed by atoms with Crippen molar-refractivity contribution < 1.29 is 32.5 Å². The number of nitrogens with zero attached hydrogens (tertiary/aromatic N) is 4. The highest BCUT2D eigenvalue weighted by Crippen LogP contribution is 2.36. The number of ether oxygens (including phenoxy) is 2. The summed E-state index contributed by atoms with van der Waals surface area (Å²) < 4.78 is 52.0. The molecular formula is C25H18F3N5O4. The monoisotopic (exact) mass is 509 g/mol. The summed E-state index contributed by atoms with van der Waals surface area (Å²) in [4.78, 5) is 19.7. The van der Waals surface area contributed by atoms with Gasteiger partial charge in [-0.2, -0.15) is 23.3 Å². The fourth-order valence-electron chi connectivity index (χ4n) is 3.71. The molecule has 37 heavy (non-hydrogen) atoms. The highest BCUT2D eigenvalue weighted by molar-refractivity contribution is 5.86. The number of carboxylic acids is 1. The van der Waals surface area contributed by atoms with Crippen molar-refractivity contribution in [2.45, 2.75) is 13.1 Å². The molecule has 12 heteroatoms. The van der Waals surface area contributed by atoms with Crippen molar-refractivity contribution in [2.75, 3.05) is 12.1 Å². The number of aromatic nitrogens is 4. The number of alkyl halides is 3. The molecule has 0 fully saturated rings. The molecule has 4 aromatic rings. The number of rotatable bonds is 6. The van der Waals surface area contributed by atoms with E-state index in [9.17, 15) is 18.0 Å². The second-order valence-electron chi connectivity index (χ2n) is 8.00. The molecule has 3 heterocycles. The summed E-state index contributed by atoms with van der Waals surface area (Å²) in [5, 5.41) is 15.7. The maximum absolute atomic E-state index is 13.4. The van der Waals surface area contributed by atoms with Crippen molar-refractivity contribution in [3.8, 4) is 28.4 Å². The van der Waals surface area contributed by atoms with Crippen LogP contribution in [-0.2, 0) is 11.0 Å². The van der Waals surface area contributed by atoms with E-state index in [4.69, 9.17) is 14.6 Å². The SMILES string of the molecule is Cc1cc(C(F)(F)F)nn1-c1nc(Nc2ccc3c(c2)OCO3)ncc1-c1cccc(C=CC(=O)O)c1. The van der Waals surface area contributed by atoms with Crippen LogP contribution < -0.4 is 14.8 Å². The lowest BCUT2D eigenvalue weighted by molar-refractivity contribution is -0.141. The van der Waals surface area contributed by atoms with Crippen LogP contribution in [0.5, 0.6) is 11.5 Å². The van der Waals surface area contributed by atoms with Crippen LogP contribution in [0.15, 0.2) is 60.8 Å². The standard InChI is InChI=1S/C25H18F3N5O4/c1-14-9-21(25(26,27)28)32-33(14)23-18(16-4-2-3-15(10-16)5-8-22(34)35)12-29-24(31-23)30-17-6-7-19-20(11-17)37-13-36-19/h2-12H,13H2,1H3,(H,34,35)(H,29,30,31). The van der Waals surface area contributed by atoms with Crippen molar-refractivity contribution in [1.29, 1.82) is 0 Å². The zero-order chi connectivity index (χ0) is 26.2. The molecule has 2 N–H and O–H groups in total. The van der Waals surface area contributed by atoms with Gasteiger partial charge in [-0.05, 0) is 48.4 Å². The summed E-state index contributed by atoms with van der Waals surface area (Å²) in [7, 11) is 0. The van der Waals surface area contributed by atoms with E-state index in [0.717, 1.165) is 16.8 Å². The Bertz CT molecular complexity index is 1530. The lowest BCUT2D eigenvalue weighted by Gasteiger charge is -2.13. The second-order valence-corrected chi connectivity index (χ2v) is 8.00. The molecule has 1 aliphatic rings. The Morgan fingerprint density at radius 3 is 2.70 bits per heavy atom. The van der Waals surface area contributed by atoms with Gasteiger partial charge in [-0.25, -0.2) is 14.5 Å². The predicted octanol–water partition coefficient (Wildman–Crippen LogP) is 5.23. The maximum atomic E-state index is 13.4. The second kappa shape index (κ2) is 9.30. The Labute approximate surface area is 207 Å². The number of carboxylic acid groups (broad SMARTS) is 1. The van der Waals surface area contributed by atoms with Crippen molar-refractivity contribution in [1.82, 2.24) is 19.7 Å². The average molecular weight is 509 g/mol. The van der Waals surface area contributed by atoms with E-state index < -0.39 is 17.8 Å². The molecule has 0 bridgehead atoms. The van der Waals surface area contributed by atoms with Gasteiger partial charge in [0.2, 0.25) is 12.7 Å². The molecule has 2 aromatic carbocycles. The predicted molar refractivity (Wildman–Crippen MR) is 127 cm³/mol. The fraction of sp³-hybridized carbons (Fsp3) is 0.120. The number of aryl methyl sites for hydroxylation is 1. The van der Waals surface area contributed by atoms with E-state index in [1.807, 2.05) is 0 Å². The van der Waals surface area contributed by atoms with Gasteiger partial charge in [0.15, 0.2) is 23.0 Å². The Kier molecular flexibility index (Phi) is 5.99. The minimum atomic E-state index is -4.64. The first kappa shape index (κ1) is 23.9. The number of fused-ring (bicyclic) bond motifs is 1. The van der Waals surface area contributed by atoms with E-state index in [1.54, 1.807) is 42.5 Å². The summed E-state index contributed by atoms with van der Waals surface area (Å²) in [6, 6.07) is 12.8. The normalized spacial score (nSPS) is 12.8. The van der Waals surface area contributed by atoms with Crippen molar-refractivity contribution in [2.24, 2.45) is 0 Å². The van der Waals surface area contributed by atoms with Crippen LogP contribution in [0.1, 0.15) is 17.0 Å². The fourth-order valence-corrected chi connectivity index (χ4v) is 3.71. The van der Waals surface area contributed by atoms with Gasteiger partial charge in [0, 0.05) is 35.3 Å². The van der Waals surface area contributed by atoms with Crippen LogP contribution in [-0.4, -0.2) is 37.6 Å². The van der Waals surface area contributed by atoms with Crippen LogP contribution >= 0.6 is 0 Å². The van der Waals surface area contributed by atoms with Crippen LogP contribution in [0.2, 0.25) is 0 Å². The number of hydrogen-bond acceptors (Lipinski definition) is 7. The number of carbonyl (C=O) groups is 1. The molecule has 1 aliphatic heterocycles. The Morgan fingerprint density at radius 2 is 1.95 bits per heavy atom. The molecule has 5 rings (SSSR count). The van der Waals surface area contributed by atoms with Gasteiger partial charge in [-0.1, -0.05) is 18.2 Å². The van der Waals surface area contributed by atoms with Crippen molar-refractivity contribution in [3.05, 3.63) is 77.8 Å². The minimum Gasteiger partial charge on any atom is -0.478 e. The molecule has 0 saturated carbocycles.